The first-order valence-electron chi connectivity index (χ1n) is 7.69. The fraction of sp³-hybridized carbons (Fsp3) is 0.222. The molecule has 0 aliphatic carbocycles. The van der Waals surface area contributed by atoms with Gasteiger partial charge in [-0.15, -0.1) is 0 Å². The Morgan fingerprint density at radius 2 is 2.00 bits per heavy atom. The van der Waals surface area contributed by atoms with Gasteiger partial charge >= 0.3 is 6.61 Å². The van der Waals surface area contributed by atoms with Crippen molar-refractivity contribution in [3.05, 3.63) is 58.1 Å². The van der Waals surface area contributed by atoms with Crippen LogP contribution in [0.3, 0.4) is 0 Å². The molecule has 0 atom stereocenters. The van der Waals surface area contributed by atoms with Gasteiger partial charge in [-0.25, -0.2) is 5.43 Å². The highest BCUT2D eigenvalue weighted by Gasteiger charge is 2.15. The lowest BCUT2D eigenvalue weighted by Crippen LogP contribution is -2.17. The van der Waals surface area contributed by atoms with Crippen molar-refractivity contribution in [1.82, 2.24) is 5.43 Å². The van der Waals surface area contributed by atoms with Crippen LogP contribution in [0.1, 0.15) is 28.4 Å². The summed E-state index contributed by atoms with van der Waals surface area (Å²) in [7, 11) is 1.30. The summed E-state index contributed by atoms with van der Waals surface area (Å²) in [6.45, 7) is -1.00. The maximum Gasteiger partial charge on any atom is 0.387 e. The molecule has 5 nitrogen and oxygen atoms in total. The van der Waals surface area contributed by atoms with Crippen LogP contribution in [0.4, 0.5) is 8.78 Å². The predicted molar refractivity (Wildman–Crippen MR) is 95.5 cm³/mol. The second-order valence-corrected chi connectivity index (χ2v) is 5.57. The van der Waals surface area contributed by atoms with Crippen molar-refractivity contribution < 1.29 is 23.0 Å². The van der Waals surface area contributed by atoms with Crippen molar-refractivity contribution >= 4 is 23.7 Å². The Morgan fingerprint density at radius 3 is 2.58 bits per heavy atom. The van der Waals surface area contributed by atoms with E-state index in [1.54, 1.807) is 12.1 Å². The van der Waals surface area contributed by atoms with Gasteiger partial charge in [-0.2, -0.15) is 13.9 Å². The van der Waals surface area contributed by atoms with Gasteiger partial charge in [0.2, 0.25) is 0 Å². The molecule has 0 aromatic heterocycles. The van der Waals surface area contributed by atoms with E-state index in [1.807, 2.05) is 19.1 Å². The molecule has 2 rings (SSSR count). The summed E-state index contributed by atoms with van der Waals surface area (Å²) in [6, 6.07) is 9.93. The minimum absolute atomic E-state index is 0.0285. The number of ether oxygens (including phenoxy) is 2. The molecule has 2 aromatic rings. The maximum atomic E-state index is 12.4. The fourth-order valence-corrected chi connectivity index (χ4v) is 2.40. The molecule has 0 saturated heterocycles. The number of alkyl halides is 2. The number of methoxy groups -OCH3 is 1. The van der Waals surface area contributed by atoms with Gasteiger partial charge in [-0.1, -0.05) is 30.7 Å². The maximum absolute atomic E-state index is 12.4. The molecule has 0 heterocycles. The molecule has 0 radical (unpaired) electrons. The highest BCUT2D eigenvalue weighted by molar-refractivity contribution is 6.32. The third-order valence-corrected chi connectivity index (χ3v) is 3.74. The Kier molecular flexibility index (Phi) is 6.91. The normalized spacial score (nSPS) is 11.0. The number of nitrogens with zero attached hydrogens (tertiary/aromatic N) is 1. The van der Waals surface area contributed by atoms with Crippen molar-refractivity contribution in [3.8, 4) is 11.5 Å². The summed E-state index contributed by atoms with van der Waals surface area (Å²) in [5.41, 5.74) is 4.42. The SMILES string of the molecule is CCc1ccc(C(=O)N/N=C\c2cc(Cl)c(OC(F)F)c(OC)c2)cc1. The lowest BCUT2D eigenvalue weighted by molar-refractivity contribution is -0.0511. The number of benzene rings is 2. The molecule has 0 fully saturated rings. The van der Waals surface area contributed by atoms with Gasteiger partial charge in [0.1, 0.15) is 0 Å². The molecule has 138 valence electrons. The summed E-state index contributed by atoms with van der Waals surface area (Å²) in [5.74, 6) is -0.610. The molecule has 2 aromatic carbocycles. The van der Waals surface area contributed by atoms with Crippen LogP contribution in [0.15, 0.2) is 41.5 Å². The van der Waals surface area contributed by atoms with Crippen LogP contribution >= 0.6 is 11.6 Å². The van der Waals surface area contributed by atoms with Crippen molar-refractivity contribution in [3.63, 3.8) is 0 Å². The molecule has 0 saturated carbocycles. The first kappa shape index (κ1) is 19.7. The smallest absolute Gasteiger partial charge is 0.387 e. The van der Waals surface area contributed by atoms with E-state index in [0.29, 0.717) is 11.1 Å². The molecule has 0 unspecified atom stereocenters. The molecule has 1 N–H and O–H groups in total. The lowest BCUT2D eigenvalue weighted by Gasteiger charge is -2.12. The number of carbonyl (C=O) groups excluding carboxylic acids is 1. The van der Waals surface area contributed by atoms with Crippen molar-refractivity contribution in [2.45, 2.75) is 20.0 Å². The van der Waals surface area contributed by atoms with E-state index in [-0.39, 0.29) is 22.4 Å². The van der Waals surface area contributed by atoms with Gasteiger partial charge in [-0.3, -0.25) is 4.79 Å². The second kappa shape index (κ2) is 9.15. The van der Waals surface area contributed by atoms with Gasteiger partial charge < -0.3 is 9.47 Å². The molecule has 0 spiro atoms. The van der Waals surface area contributed by atoms with Crippen LogP contribution in [0.25, 0.3) is 0 Å². The number of rotatable bonds is 7. The van der Waals surface area contributed by atoms with Crippen molar-refractivity contribution in [1.29, 1.82) is 0 Å². The first-order valence-corrected chi connectivity index (χ1v) is 8.07. The van der Waals surface area contributed by atoms with Crippen LogP contribution in [0, 0.1) is 0 Å². The topological polar surface area (TPSA) is 59.9 Å². The molecule has 8 heteroatoms. The largest absolute Gasteiger partial charge is 0.493 e. The average Bonchev–Trinajstić information content (AvgIpc) is 2.63. The quantitative estimate of drug-likeness (QED) is 0.574. The third kappa shape index (κ3) is 5.16. The van der Waals surface area contributed by atoms with Crippen molar-refractivity contribution in [2.24, 2.45) is 5.10 Å². The van der Waals surface area contributed by atoms with Crippen LogP contribution in [0.5, 0.6) is 11.5 Å². The summed E-state index contributed by atoms with van der Waals surface area (Å²) in [5, 5.41) is 3.78. The second-order valence-electron chi connectivity index (χ2n) is 5.16. The Balaban J connectivity index is 2.09. The Morgan fingerprint density at radius 1 is 1.31 bits per heavy atom. The van der Waals surface area contributed by atoms with E-state index in [1.165, 1.54) is 25.5 Å². The summed E-state index contributed by atoms with van der Waals surface area (Å²) in [4.78, 5) is 12.0. The molecular weight excluding hydrogens is 366 g/mol. The molecule has 26 heavy (non-hydrogen) atoms. The summed E-state index contributed by atoms with van der Waals surface area (Å²) >= 11 is 5.94. The first-order chi connectivity index (χ1) is 12.4. The van der Waals surface area contributed by atoms with E-state index < -0.39 is 6.61 Å². The number of halogens is 3. The standard InChI is InChI=1S/C18H17ClF2N2O3/c1-3-11-4-6-13(7-5-11)17(24)23-22-10-12-8-14(19)16(26-18(20)21)15(9-12)25-2/h4-10,18H,3H2,1-2H3,(H,23,24)/b22-10-. The number of nitrogens with one attached hydrogen (secondary N) is 1. The van der Waals surface area contributed by atoms with Gasteiger partial charge in [0.15, 0.2) is 11.5 Å². The van der Waals surface area contributed by atoms with E-state index >= 15 is 0 Å². The minimum Gasteiger partial charge on any atom is -0.493 e. The van der Waals surface area contributed by atoms with Gasteiger partial charge in [0.05, 0.1) is 18.3 Å². The lowest BCUT2D eigenvalue weighted by atomic mass is 10.1. The number of hydrazone groups is 1. The average molecular weight is 383 g/mol. The van der Waals surface area contributed by atoms with Gasteiger partial charge in [0.25, 0.3) is 5.91 Å². The van der Waals surface area contributed by atoms with Gasteiger partial charge in [0, 0.05) is 5.56 Å². The Hall–Kier alpha value is -2.67. The van der Waals surface area contributed by atoms with Crippen LogP contribution < -0.4 is 14.9 Å². The van der Waals surface area contributed by atoms with E-state index in [9.17, 15) is 13.6 Å². The number of hydrogen-bond acceptors (Lipinski definition) is 4. The number of aryl methyl sites for hydroxylation is 1. The van der Waals surface area contributed by atoms with Gasteiger partial charge in [-0.05, 0) is 41.8 Å². The van der Waals surface area contributed by atoms with E-state index in [4.69, 9.17) is 16.3 Å². The third-order valence-electron chi connectivity index (χ3n) is 3.46. The van der Waals surface area contributed by atoms with Crippen LogP contribution in [-0.2, 0) is 6.42 Å². The zero-order valence-corrected chi connectivity index (χ0v) is 14.9. The molecule has 0 bridgehead atoms. The Bertz CT molecular complexity index is 796. The highest BCUT2D eigenvalue weighted by Crippen LogP contribution is 2.37. The molecule has 1 amide bonds. The van der Waals surface area contributed by atoms with E-state index in [2.05, 4.69) is 15.3 Å². The number of amides is 1. The van der Waals surface area contributed by atoms with Crippen molar-refractivity contribution in [2.75, 3.05) is 7.11 Å². The van der Waals surface area contributed by atoms with E-state index in [0.717, 1.165) is 12.0 Å². The fourth-order valence-electron chi connectivity index (χ4n) is 2.14. The zero-order chi connectivity index (χ0) is 19.1. The molecule has 0 aliphatic heterocycles. The summed E-state index contributed by atoms with van der Waals surface area (Å²) < 4.78 is 34.1. The number of hydrogen-bond donors (Lipinski definition) is 1. The zero-order valence-electron chi connectivity index (χ0n) is 14.1. The minimum atomic E-state index is -3.03. The predicted octanol–water partition coefficient (Wildman–Crippen LogP) is 4.28. The van der Waals surface area contributed by atoms with Crippen LogP contribution in [0.2, 0.25) is 5.02 Å². The Labute approximate surface area is 154 Å². The van der Waals surface area contributed by atoms with Crippen LogP contribution in [-0.4, -0.2) is 25.8 Å². The molecular formula is C18H17ClF2N2O3. The summed E-state index contributed by atoms with van der Waals surface area (Å²) in [6.07, 6.45) is 2.20. The monoisotopic (exact) mass is 382 g/mol. The number of carbonyl (C=O) groups is 1. The molecule has 0 aliphatic rings. The highest BCUT2D eigenvalue weighted by atomic mass is 35.5.